The predicted molar refractivity (Wildman–Crippen MR) is 58.4 cm³/mol. The Bertz CT molecular complexity index is 519. The molecule has 0 N–H and O–H groups in total. The zero-order valence-corrected chi connectivity index (χ0v) is 9.54. The molecule has 0 aliphatic rings. The molecule has 0 spiro atoms. The highest BCUT2D eigenvalue weighted by Gasteiger charge is 2.09. The fraction of sp³-hybridized carbons (Fsp3) is 0. The highest BCUT2D eigenvalue weighted by molar-refractivity contribution is 9.10. The van der Waals surface area contributed by atoms with Crippen molar-refractivity contribution in [1.29, 1.82) is 0 Å². The number of ether oxygens (including phenoxy) is 1. The first-order valence-electron chi connectivity index (χ1n) is 4.39. The molecular weight excluding hydrogens is 280 g/mol. The quantitative estimate of drug-likeness (QED) is 0.835. The first kappa shape index (κ1) is 11.0. The van der Waals surface area contributed by atoms with E-state index in [2.05, 4.69) is 20.9 Å². The van der Waals surface area contributed by atoms with E-state index in [0.717, 1.165) is 6.07 Å². The summed E-state index contributed by atoms with van der Waals surface area (Å²) < 4.78 is 32.0. The second-order valence-electron chi connectivity index (χ2n) is 2.99. The molecule has 1 heterocycles. The van der Waals surface area contributed by atoms with E-state index in [4.69, 9.17) is 4.74 Å². The second-order valence-corrected chi connectivity index (χ2v) is 3.91. The normalized spacial score (nSPS) is 10.2. The van der Waals surface area contributed by atoms with Crippen LogP contribution in [0.3, 0.4) is 0 Å². The van der Waals surface area contributed by atoms with E-state index >= 15 is 0 Å². The summed E-state index contributed by atoms with van der Waals surface area (Å²) >= 11 is 3.20. The number of aromatic nitrogens is 1. The van der Waals surface area contributed by atoms with Crippen LogP contribution in [-0.4, -0.2) is 4.98 Å². The molecule has 2 nitrogen and oxygen atoms in total. The van der Waals surface area contributed by atoms with Gasteiger partial charge in [0.2, 0.25) is 5.82 Å². The van der Waals surface area contributed by atoms with Crippen LogP contribution in [0.4, 0.5) is 8.78 Å². The molecule has 16 heavy (non-hydrogen) atoms. The third-order valence-corrected chi connectivity index (χ3v) is 2.26. The molecule has 1 aromatic carbocycles. The van der Waals surface area contributed by atoms with Crippen molar-refractivity contribution in [2.45, 2.75) is 0 Å². The fourth-order valence-electron chi connectivity index (χ4n) is 1.14. The minimum atomic E-state index is -1.01. The third kappa shape index (κ3) is 2.36. The van der Waals surface area contributed by atoms with Crippen molar-refractivity contribution in [2.75, 3.05) is 0 Å². The van der Waals surface area contributed by atoms with Crippen molar-refractivity contribution >= 4 is 15.9 Å². The molecule has 0 aliphatic heterocycles. The summed E-state index contributed by atoms with van der Waals surface area (Å²) in [7, 11) is 0. The minimum absolute atomic E-state index is 0.167. The monoisotopic (exact) mass is 285 g/mol. The van der Waals surface area contributed by atoms with Crippen LogP contribution in [0.25, 0.3) is 0 Å². The Hall–Kier alpha value is -1.49. The lowest BCUT2D eigenvalue weighted by Gasteiger charge is -2.06. The molecule has 2 aromatic rings. The van der Waals surface area contributed by atoms with E-state index in [-0.39, 0.29) is 5.75 Å². The second kappa shape index (κ2) is 4.57. The lowest BCUT2D eigenvalue weighted by Crippen LogP contribution is -1.91. The van der Waals surface area contributed by atoms with Gasteiger partial charge in [-0.25, -0.2) is 4.39 Å². The summed E-state index contributed by atoms with van der Waals surface area (Å²) in [6, 6.07) is 5.36. The third-order valence-electron chi connectivity index (χ3n) is 1.82. The Morgan fingerprint density at radius 3 is 2.75 bits per heavy atom. The number of benzene rings is 1. The van der Waals surface area contributed by atoms with Crippen LogP contribution in [0, 0.1) is 11.6 Å². The zero-order chi connectivity index (χ0) is 11.5. The van der Waals surface area contributed by atoms with Gasteiger partial charge in [-0.15, -0.1) is 0 Å². The van der Waals surface area contributed by atoms with Gasteiger partial charge < -0.3 is 4.74 Å². The molecule has 0 saturated carbocycles. The number of hydrogen-bond donors (Lipinski definition) is 0. The summed E-state index contributed by atoms with van der Waals surface area (Å²) in [6.45, 7) is 0. The van der Waals surface area contributed by atoms with E-state index < -0.39 is 11.6 Å². The van der Waals surface area contributed by atoms with E-state index in [1.54, 1.807) is 12.3 Å². The van der Waals surface area contributed by atoms with Gasteiger partial charge in [0.1, 0.15) is 5.75 Å². The molecule has 5 heteroatoms. The fourth-order valence-corrected chi connectivity index (χ4v) is 1.48. The van der Waals surface area contributed by atoms with Crippen molar-refractivity contribution in [3.63, 3.8) is 0 Å². The number of nitrogens with zero attached hydrogens (tertiary/aromatic N) is 1. The van der Waals surface area contributed by atoms with Gasteiger partial charge in [-0.1, -0.05) is 6.07 Å². The average molecular weight is 286 g/mol. The summed E-state index contributed by atoms with van der Waals surface area (Å²) in [5, 5.41) is 0. The maximum Gasteiger partial charge on any atom is 0.201 e. The Kier molecular flexibility index (Phi) is 3.14. The van der Waals surface area contributed by atoms with Gasteiger partial charge in [0.25, 0.3) is 0 Å². The maximum absolute atomic E-state index is 13.3. The summed E-state index contributed by atoms with van der Waals surface area (Å²) in [5.74, 6) is -1.79. The molecule has 0 amide bonds. The van der Waals surface area contributed by atoms with Crippen molar-refractivity contribution in [2.24, 2.45) is 0 Å². The molecule has 2 rings (SSSR count). The Morgan fingerprint density at radius 1 is 1.19 bits per heavy atom. The molecule has 82 valence electrons. The first-order valence-corrected chi connectivity index (χ1v) is 5.18. The molecule has 0 atom stereocenters. The van der Waals surface area contributed by atoms with Crippen LogP contribution in [-0.2, 0) is 0 Å². The molecule has 1 aromatic heterocycles. The van der Waals surface area contributed by atoms with Crippen LogP contribution in [0.2, 0.25) is 0 Å². The van der Waals surface area contributed by atoms with Gasteiger partial charge in [0, 0.05) is 10.7 Å². The SMILES string of the molecule is Fc1cccc(Oc2cncc(Br)c2)c1F. The summed E-state index contributed by atoms with van der Waals surface area (Å²) in [4.78, 5) is 3.84. The zero-order valence-electron chi connectivity index (χ0n) is 7.95. The molecule has 0 unspecified atom stereocenters. The van der Waals surface area contributed by atoms with Crippen LogP contribution in [0.15, 0.2) is 41.1 Å². The smallest absolute Gasteiger partial charge is 0.201 e. The van der Waals surface area contributed by atoms with Crippen molar-refractivity contribution < 1.29 is 13.5 Å². The van der Waals surface area contributed by atoms with Crippen molar-refractivity contribution in [3.05, 3.63) is 52.8 Å². The maximum atomic E-state index is 13.3. The Morgan fingerprint density at radius 2 is 2.00 bits per heavy atom. The van der Waals surface area contributed by atoms with Crippen LogP contribution >= 0.6 is 15.9 Å². The van der Waals surface area contributed by atoms with E-state index in [0.29, 0.717) is 10.2 Å². The lowest BCUT2D eigenvalue weighted by atomic mass is 10.3. The van der Waals surface area contributed by atoms with Crippen LogP contribution in [0.1, 0.15) is 0 Å². The van der Waals surface area contributed by atoms with Gasteiger partial charge >= 0.3 is 0 Å². The summed E-state index contributed by atoms with van der Waals surface area (Å²) in [6.07, 6.45) is 2.98. The topological polar surface area (TPSA) is 22.1 Å². The highest BCUT2D eigenvalue weighted by atomic mass is 79.9. The molecular formula is C11H6BrF2NO. The highest BCUT2D eigenvalue weighted by Crippen LogP contribution is 2.26. The number of halogens is 3. The van der Waals surface area contributed by atoms with Crippen LogP contribution < -0.4 is 4.74 Å². The standard InChI is InChI=1S/C11H6BrF2NO/c12-7-4-8(6-15-5-7)16-10-3-1-2-9(13)11(10)14/h1-6H. The van der Waals surface area contributed by atoms with Gasteiger partial charge in [-0.2, -0.15) is 4.39 Å². The summed E-state index contributed by atoms with van der Waals surface area (Å²) in [5.41, 5.74) is 0. The Balaban J connectivity index is 2.31. The van der Waals surface area contributed by atoms with Crippen LogP contribution in [0.5, 0.6) is 11.5 Å². The molecule has 0 bridgehead atoms. The number of hydrogen-bond acceptors (Lipinski definition) is 2. The number of pyridine rings is 1. The van der Waals surface area contributed by atoms with E-state index in [1.165, 1.54) is 18.3 Å². The lowest BCUT2D eigenvalue weighted by molar-refractivity contribution is 0.415. The molecule has 0 fully saturated rings. The van der Waals surface area contributed by atoms with E-state index in [1.807, 2.05) is 0 Å². The van der Waals surface area contributed by atoms with Gasteiger partial charge in [-0.3, -0.25) is 4.98 Å². The minimum Gasteiger partial charge on any atom is -0.453 e. The largest absolute Gasteiger partial charge is 0.453 e. The average Bonchev–Trinajstić information content (AvgIpc) is 2.25. The molecule has 0 saturated heterocycles. The number of rotatable bonds is 2. The molecule has 0 radical (unpaired) electrons. The Labute approximate surface area is 99.0 Å². The predicted octanol–water partition coefficient (Wildman–Crippen LogP) is 3.91. The first-order chi connectivity index (χ1) is 7.66. The van der Waals surface area contributed by atoms with Gasteiger partial charge in [0.15, 0.2) is 11.6 Å². The van der Waals surface area contributed by atoms with E-state index in [9.17, 15) is 8.78 Å². The molecule has 0 aliphatic carbocycles. The van der Waals surface area contributed by atoms with Gasteiger partial charge in [-0.05, 0) is 34.1 Å². The van der Waals surface area contributed by atoms with Crippen molar-refractivity contribution in [1.82, 2.24) is 4.98 Å². The van der Waals surface area contributed by atoms with Gasteiger partial charge in [0.05, 0.1) is 6.20 Å². The van der Waals surface area contributed by atoms with Crippen molar-refractivity contribution in [3.8, 4) is 11.5 Å².